The first-order valence-corrected chi connectivity index (χ1v) is 6.67. The van der Waals surface area contributed by atoms with Crippen molar-refractivity contribution in [1.29, 1.82) is 0 Å². The van der Waals surface area contributed by atoms with E-state index in [1.54, 1.807) is 0 Å². The number of aromatic nitrogens is 1. The molecule has 10 heteroatoms. The number of aliphatic carboxylic acids is 1. The predicted octanol–water partition coefficient (Wildman–Crippen LogP) is 2.43. The standard InChI is InChI=1S/C13H12ClF3N2O4/c14-8-2-1-7-6(3-9(18)12(20)21)4-19(22)10(7)11(8)23-5-13(15,16)17/h1-2,4,9,22H,3,5,18H2,(H,20,21). The molecular formula is C13H12ClF3N2O4. The van der Waals surface area contributed by atoms with E-state index in [4.69, 9.17) is 22.4 Å². The summed E-state index contributed by atoms with van der Waals surface area (Å²) in [6.07, 6.45) is -3.54. The minimum absolute atomic E-state index is 0.0886. The van der Waals surface area contributed by atoms with Crippen LogP contribution >= 0.6 is 11.6 Å². The van der Waals surface area contributed by atoms with Gasteiger partial charge in [-0.25, -0.2) is 0 Å². The average molecular weight is 353 g/mol. The van der Waals surface area contributed by atoms with E-state index in [1.165, 1.54) is 12.1 Å². The van der Waals surface area contributed by atoms with Crippen molar-refractivity contribution < 1.29 is 33.0 Å². The van der Waals surface area contributed by atoms with Gasteiger partial charge >= 0.3 is 12.1 Å². The van der Waals surface area contributed by atoms with Gasteiger partial charge < -0.3 is 20.8 Å². The lowest BCUT2D eigenvalue weighted by Crippen LogP contribution is -2.32. The maximum absolute atomic E-state index is 12.3. The van der Waals surface area contributed by atoms with Gasteiger partial charge in [-0.1, -0.05) is 17.7 Å². The van der Waals surface area contributed by atoms with Crippen molar-refractivity contribution in [2.24, 2.45) is 5.73 Å². The number of halogens is 4. The largest absolute Gasteiger partial charge is 0.480 e. The monoisotopic (exact) mass is 352 g/mol. The number of hydrogen-bond donors (Lipinski definition) is 3. The van der Waals surface area contributed by atoms with Crippen LogP contribution in [0.25, 0.3) is 10.9 Å². The molecule has 0 amide bonds. The summed E-state index contributed by atoms with van der Waals surface area (Å²) in [7, 11) is 0. The van der Waals surface area contributed by atoms with Gasteiger partial charge in [-0.2, -0.15) is 17.9 Å². The number of benzene rings is 1. The van der Waals surface area contributed by atoms with Gasteiger partial charge in [0.25, 0.3) is 0 Å². The molecule has 1 heterocycles. The zero-order valence-corrected chi connectivity index (χ0v) is 12.2. The molecule has 2 rings (SSSR count). The van der Waals surface area contributed by atoms with Gasteiger partial charge in [-0.05, 0) is 11.6 Å². The van der Waals surface area contributed by atoms with E-state index >= 15 is 0 Å². The Balaban J connectivity index is 2.46. The van der Waals surface area contributed by atoms with Crippen LogP contribution in [-0.2, 0) is 11.2 Å². The van der Waals surface area contributed by atoms with Gasteiger partial charge in [-0.15, -0.1) is 0 Å². The van der Waals surface area contributed by atoms with Crippen LogP contribution in [0.15, 0.2) is 18.3 Å². The van der Waals surface area contributed by atoms with Crippen LogP contribution < -0.4 is 10.5 Å². The van der Waals surface area contributed by atoms with E-state index in [1.807, 2.05) is 0 Å². The lowest BCUT2D eigenvalue weighted by molar-refractivity contribution is -0.153. The summed E-state index contributed by atoms with van der Waals surface area (Å²) in [6.45, 7) is -1.58. The summed E-state index contributed by atoms with van der Waals surface area (Å²) in [4.78, 5) is 10.8. The molecule has 0 fully saturated rings. The summed E-state index contributed by atoms with van der Waals surface area (Å²) in [5, 5.41) is 18.9. The second-order valence-corrected chi connectivity index (χ2v) is 5.23. The van der Waals surface area contributed by atoms with Crippen LogP contribution in [0, 0.1) is 0 Å². The molecule has 0 aliphatic heterocycles. The average Bonchev–Trinajstić information content (AvgIpc) is 2.73. The Morgan fingerprint density at radius 1 is 1.43 bits per heavy atom. The Hall–Kier alpha value is -2.13. The third kappa shape index (κ3) is 3.80. The first kappa shape index (κ1) is 17.2. The van der Waals surface area contributed by atoms with Crippen molar-refractivity contribution >= 4 is 28.5 Å². The quantitative estimate of drug-likeness (QED) is 0.718. The van der Waals surface area contributed by atoms with Crippen molar-refractivity contribution in [1.82, 2.24) is 4.73 Å². The maximum Gasteiger partial charge on any atom is 0.422 e. The van der Waals surface area contributed by atoms with Gasteiger partial charge in [0.05, 0.1) is 5.02 Å². The maximum atomic E-state index is 12.3. The molecule has 0 saturated carbocycles. The summed E-state index contributed by atoms with van der Waals surface area (Å²) in [5.41, 5.74) is 5.69. The lowest BCUT2D eigenvalue weighted by Gasteiger charge is -2.12. The van der Waals surface area contributed by atoms with Crippen molar-refractivity contribution in [2.45, 2.75) is 18.6 Å². The van der Waals surface area contributed by atoms with E-state index < -0.39 is 24.8 Å². The third-order valence-electron chi connectivity index (χ3n) is 3.07. The zero-order valence-electron chi connectivity index (χ0n) is 11.5. The number of rotatable bonds is 5. The van der Waals surface area contributed by atoms with Crippen LogP contribution in [0.3, 0.4) is 0 Å². The smallest absolute Gasteiger partial charge is 0.422 e. The van der Waals surface area contributed by atoms with Crippen LogP contribution in [0.2, 0.25) is 5.02 Å². The number of hydrogen-bond acceptors (Lipinski definition) is 4. The highest BCUT2D eigenvalue weighted by Crippen LogP contribution is 2.36. The Morgan fingerprint density at radius 3 is 2.65 bits per heavy atom. The van der Waals surface area contributed by atoms with Gasteiger partial charge in [0.1, 0.15) is 11.6 Å². The molecule has 126 valence electrons. The number of alkyl halides is 3. The fraction of sp³-hybridized carbons (Fsp3) is 0.308. The van der Waals surface area contributed by atoms with Crippen molar-refractivity contribution in [3.8, 4) is 5.75 Å². The topological polar surface area (TPSA) is 97.7 Å². The minimum atomic E-state index is -4.58. The number of fused-ring (bicyclic) bond motifs is 1. The number of carboxylic acid groups (broad SMARTS) is 1. The van der Waals surface area contributed by atoms with Crippen molar-refractivity contribution in [3.63, 3.8) is 0 Å². The fourth-order valence-corrected chi connectivity index (χ4v) is 2.30. The summed E-state index contributed by atoms with van der Waals surface area (Å²) in [6, 6.07) is 1.51. The van der Waals surface area contributed by atoms with Crippen LogP contribution in [0.4, 0.5) is 13.2 Å². The molecule has 6 nitrogen and oxygen atoms in total. The molecule has 2 aromatic rings. The molecule has 0 aliphatic carbocycles. The second-order valence-electron chi connectivity index (χ2n) is 4.82. The van der Waals surface area contributed by atoms with Crippen molar-refractivity contribution in [2.75, 3.05) is 6.61 Å². The Labute approximate surface area is 132 Å². The Bertz CT molecular complexity index is 745. The number of carboxylic acids is 1. The zero-order chi connectivity index (χ0) is 17.4. The van der Waals surface area contributed by atoms with Gasteiger partial charge in [0.2, 0.25) is 0 Å². The van der Waals surface area contributed by atoms with E-state index in [0.717, 1.165) is 6.20 Å². The molecular weight excluding hydrogens is 341 g/mol. The summed E-state index contributed by atoms with van der Waals surface area (Å²) >= 11 is 5.83. The molecule has 1 aromatic carbocycles. The van der Waals surface area contributed by atoms with Gasteiger partial charge in [0.15, 0.2) is 12.4 Å². The second kappa shape index (κ2) is 6.17. The van der Waals surface area contributed by atoms with Crippen LogP contribution in [0.1, 0.15) is 5.56 Å². The number of nitrogens with zero attached hydrogens (tertiary/aromatic N) is 1. The molecule has 0 spiro atoms. The molecule has 1 aromatic heterocycles. The third-order valence-corrected chi connectivity index (χ3v) is 3.37. The van der Waals surface area contributed by atoms with Crippen LogP contribution in [-0.4, -0.2) is 39.8 Å². The lowest BCUT2D eigenvalue weighted by atomic mass is 10.1. The molecule has 1 unspecified atom stereocenters. The highest BCUT2D eigenvalue weighted by atomic mass is 35.5. The van der Waals surface area contributed by atoms with E-state index in [-0.39, 0.29) is 22.7 Å². The van der Waals surface area contributed by atoms with E-state index in [9.17, 15) is 23.2 Å². The number of carbonyl (C=O) groups is 1. The normalized spacial score (nSPS) is 13.3. The Morgan fingerprint density at radius 2 is 2.09 bits per heavy atom. The van der Waals surface area contributed by atoms with E-state index in [2.05, 4.69) is 4.74 Å². The van der Waals surface area contributed by atoms with Gasteiger partial charge in [0, 0.05) is 18.0 Å². The molecule has 0 radical (unpaired) electrons. The molecule has 0 saturated heterocycles. The SMILES string of the molecule is NC(Cc1cn(O)c2c(OCC(F)(F)F)c(Cl)ccc12)C(=O)O. The van der Waals surface area contributed by atoms with Gasteiger partial charge in [-0.3, -0.25) is 4.79 Å². The fourth-order valence-electron chi connectivity index (χ4n) is 2.09. The molecule has 0 aliphatic rings. The molecule has 0 bridgehead atoms. The van der Waals surface area contributed by atoms with Crippen LogP contribution in [0.5, 0.6) is 5.75 Å². The predicted molar refractivity (Wildman–Crippen MR) is 75.0 cm³/mol. The number of ether oxygens (including phenoxy) is 1. The molecule has 23 heavy (non-hydrogen) atoms. The summed E-state index contributed by atoms with van der Waals surface area (Å²) < 4.78 is 42.2. The Kier molecular flexibility index (Phi) is 4.62. The van der Waals surface area contributed by atoms with E-state index in [0.29, 0.717) is 15.7 Å². The summed E-state index contributed by atoms with van der Waals surface area (Å²) in [5.74, 6) is -1.59. The highest BCUT2D eigenvalue weighted by Gasteiger charge is 2.30. The highest BCUT2D eigenvalue weighted by molar-refractivity contribution is 6.33. The molecule has 1 atom stereocenters. The van der Waals surface area contributed by atoms with Crippen molar-refractivity contribution in [3.05, 3.63) is 28.9 Å². The molecule has 4 N–H and O–H groups in total. The first-order valence-electron chi connectivity index (χ1n) is 6.29. The minimum Gasteiger partial charge on any atom is -0.480 e. The number of nitrogens with two attached hydrogens (primary N) is 1. The first-order chi connectivity index (χ1) is 10.6.